The van der Waals surface area contributed by atoms with Crippen LogP contribution < -0.4 is 20.7 Å². The number of nitrogens with zero attached hydrogens (tertiary/aromatic N) is 2. The van der Waals surface area contributed by atoms with Crippen LogP contribution in [0.25, 0.3) is 11.4 Å². The molecule has 1 aromatic heterocycles. The second-order valence-electron chi connectivity index (χ2n) is 6.55. The van der Waals surface area contributed by atoms with Crippen molar-refractivity contribution in [3.05, 3.63) is 53.0 Å². The summed E-state index contributed by atoms with van der Waals surface area (Å²) in [6.07, 6.45) is 2.15. The molecular weight excluding hydrogens is 332 g/mol. The maximum Gasteiger partial charge on any atom is 0.439 e. The Labute approximate surface area is 149 Å². The molecule has 0 radical (unpaired) electrons. The van der Waals surface area contributed by atoms with E-state index < -0.39 is 5.76 Å². The number of piperidine rings is 1. The molecular formula is C19H18N4O3. The minimum atomic E-state index is -0.569. The van der Waals surface area contributed by atoms with E-state index in [0.717, 1.165) is 54.4 Å². The van der Waals surface area contributed by atoms with Crippen LogP contribution in [-0.4, -0.2) is 29.3 Å². The third-order valence-electron chi connectivity index (χ3n) is 4.95. The number of aromatic amines is 1. The summed E-state index contributed by atoms with van der Waals surface area (Å²) in [6, 6.07) is 14.4. The lowest BCUT2D eigenvalue weighted by molar-refractivity contribution is 0.388. The van der Waals surface area contributed by atoms with Crippen molar-refractivity contribution in [1.82, 2.24) is 15.5 Å². The third kappa shape index (κ3) is 2.48. The molecule has 0 saturated carbocycles. The van der Waals surface area contributed by atoms with Crippen LogP contribution in [0.4, 0.5) is 11.4 Å². The van der Waals surface area contributed by atoms with Gasteiger partial charge >= 0.3 is 5.76 Å². The first-order valence-electron chi connectivity index (χ1n) is 8.77. The molecule has 0 aliphatic carbocycles. The summed E-state index contributed by atoms with van der Waals surface area (Å²) >= 11 is 0. The fourth-order valence-corrected chi connectivity index (χ4v) is 3.75. The van der Waals surface area contributed by atoms with Gasteiger partial charge in [-0.2, -0.15) is 0 Å². The number of para-hydroxylation sites is 2. The van der Waals surface area contributed by atoms with E-state index in [9.17, 15) is 4.79 Å². The van der Waals surface area contributed by atoms with Gasteiger partial charge in [0.2, 0.25) is 0 Å². The van der Waals surface area contributed by atoms with Gasteiger partial charge in [0.05, 0.1) is 11.4 Å². The second-order valence-corrected chi connectivity index (χ2v) is 6.55. The number of nitrogens with one attached hydrogen (secondary N) is 2. The number of fused-ring (bicyclic) bond motifs is 2. The number of rotatable bonds is 2. The molecule has 0 unspecified atom stereocenters. The molecule has 0 spiro atoms. The molecule has 132 valence electrons. The maximum absolute atomic E-state index is 11.2. The molecule has 7 nitrogen and oxygen atoms in total. The van der Waals surface area contributed by atoms with Gasteiger partial charge in [0.25, 0.3) is 0 Å². The molecule has 5 rings (SSSR count). The highest BCUT2D eigenvalue weighted by molar-refractivity contribution is 5.80. The summed E-state index contributed by atoms with van der Waals surface area (Å²) < 4.78 is 10.8. The fourth-order valence-electron chi connectivity index (χ4n) is 3.75. The molecule has 2 N–H and O–H groups in total. The van der Waals surface area contributed by atoms with Crippen LogP contribution >= 0.6 is 0 Å². The first-order valence-corrected chi connectivity index (χ1v) is 8.77. The van der Waals surface area contributed by atoms with E-state index in [1.807, 2.05) is 36.4 Å². The Morgan fingerprint density at radius 1 is 1.04 bits per heavy atom. The summed E-state index contributed by atoms with van der Waals surface area (Å²) in [5.74, 6) is 1.42. The lowest BCUT2D eigenvalue weighted by atomic mass is 10.0. The summed E-state index contributed by atoms with van der Waals surface area (Å²) in [6.45, 7) is 2.02. The highest BCUT2D eigenvalue weighted by Crippen LogP contribution is 2.49. The third-order valence-corrected chi connectivity index (χ3v) is 4.95. The normalized spacial score (nSPS) is 16.7. The largest absolute Gasteiger partial charge is 0.453 e. The van der Waals surface area contributed by atoms with Gasteiger partial charge in [0, 0.05) is 11.6 Å². The average Bonchev–Trinajstić information content (AvgIpc) is 3.12. The number of hydrogen-bond donors (Lipinski definition) is 2. The van der Waals surface area contributed by atoms with E-state index in [0.29, 0.717) is 11.9 Å². The molecule has 0 atom stereocenters. The zero-order chi connectivity index (χ0) is 17.5. The number of ether oxygens (including phenoxy) is 1. The number of benzene rings is 2. The van der Waals surface area contributed by atoms with Crippen molar-refractivity contribution in [2.24, 2.45) is 0 Å². The Morgan fingerprint density at radius 2 is 1.85 bits per heavy atom. The molecule has 2 aliphatic rings. The topological polar surface area (TPSA) is 83.4 Å². The van der Waals surface area contributed by atoms with Crippen molar-refractivity contribution >= 4 is 11.4 Å². The SMILES string of the molecule is O=c1[nH]c(-c2ccc3c(c2)Oc2ccccc2N3C2CCNCC2)no1. The summed E-state index contributed by atoms with van der Waals surface area (Å²) in [4.78, 5) is 16.2. The quantitative estimate of drug-likeness (QED) is 0.739. The number of anilines is 2. The van der Waals surface area contributed by atoms with E-state index in [4.69, 9.17) is 4.74 Å². The van der Waals surface area contributed by atoms with Gasteiger partial charge in [0.1, 0.15) is 0 Å². The molecule has 1 saturated heterocycles. The molecule has 0 bridgehead atoms. The first kappa shape index (κ1) is 15.2. The van der Waals surface area contributed by atoms with Crippen molar-refractivity contribution in [2.45, 2.75) is 18.9 Å². The Balaban J connectivity index is 1.62. The van der Waals surface area contributed by atoms with Gasteiger partial charge in [-0.1, -0.05) is 17.3 Å². The Hall–Kier alpha value is -3.06. The van der Waals surface area contributed by atoms with Crippen LogP contribution in [0.1, 0.15) is 12.8 Å². The highest BCUT2D eigenvalue weighted by Gasteiger charge is 2.31. The van der Waals surface area contributed by atoms with E-state index in [2.05, 4.69) is 30.9 Å². The second kappa shape index (κ2) is 6.03. The molecule has 3 heterocycles. The van der Waals surface area contributed by atoms with Crippen molar-refractivity contribution in [3.8, 4) is 22.9 Å². The molecule has 26 heavy (non-hydrogen) atoms. The number of aromatic nitrogens is 2. The van der Waals surface area contributed by atoms with Gasteiger partial charge in [-0.3, -0.25) is 9.51 Å². The van der Waals surface area contributed by atoms with E-state index in [1.165, 1.54) is 0 Å². The van der Waals surface area contributed by atoms with Crippen LogP contribution in [0.15, 0.2) is 51.8 Å². The Kier molecular flexibility index (Phi) is 3.53. The summed E-state index contributed by atoms with van der Waals surface area (Å²) in [7, 11) is 0. The van der Waals surface area contributed by atoms with E-state index in [-0.39, 0.29) is 0 Å². The number of hydrogen-bond acceptors (Lipinski definition) is 6. The summed E-state index contributed by atoms with van der Waals surface area (Å²) in [5.41, 5.74) is 2.87. The van der Waals surface area contributed by atoms with Gasteiger partial charge in [-0.25, -0.2) is 4.79 Å². The molecule has 2 aromatic carbocycles. The van der Waals surface area contributed by atoms with Crippen molar-refractivity contribution in [3.63, 3.8) is 0 Å². The van der Waals surface area contributed by atoms with Gasteiger partial charge in [-0.05, 0) is 56.3 Å². The van der Waals surface area contributed by atoms with E-state index >= 15 is 0 Å². The molecule has 3 aromatic rings. The van der Waals surface area contributed by atoms with Crippen molar-refractivity contribution in [1.29, 1.82) is 0 Å². The molecule has 0 amide bonds. The minimum Gasteiger partial charge on any atom is -0.453 e. The van der Waals surface area contributed by atoms with Crippen molar-refractivity contribution < 1.29 is 9.26 Å². The van der Waals surface area contributed by atoms with Gasteiger partial charge < -0.3 is 15.0 Å². The maximum atomic E-state index is 11.2. The van der Waals surface area contributed by atoms with Crippen LogP contribution in [0.3, 0.4) is 0 Å². The van der Waals surface area contributed by atoms with Gasteiger partial charge in [0.15, 0.2) is 17.3 Å². The lowest BCUT2D eigenvalue weighted by Gasteiger charge is -2.40. The molecule has 1 fully saturated rings. The minimum absolute atomic E-state index is 0.397. The van der Waals surface area contributed by atoms with Gasteiger partial charge in [-0.15, -0.1) is 0 Å². The summed E-state index contributed by atoms with van der Waals surface area (Å²) in [5, 5.41) is 7.19. The highest BCUT2D eigenvalue weighted by atomic mass is 16.5. The first-order chi connectivity index (χ1) is 12.8. The monoisotopic (exact) mass is 350 g/mol. The standard InChI is InChI=1S/C19H18N4O3/c24-19-21-18(22-26-19)12-5-6-15-17(11-12)25-16-4-2-1-3-14(16)23(15)13-7-9-20-10-8-13/h1-6,11,13,20H,7-10H2,(H,21,22,24). The Morgan fingerprint density at radius 3 is 2.65 bits per heavy atom. The van der Waals surface area contributed by atoms with Crippen LogP contribution in [0.2, 0.25) is 0 Å². The smallest absolute Gasteiger partial charge is 0.439 e. The molecule has 2 aliphatic heterocycles. The predicted octanol–water partition coefficient (Wildman–Crippen LogP) is 3.03. The fraction of sp³-hybridized carbons (Fsp3) is 0.263. The number of H-pyrrole nitrogens is 1. The average molecular weight is 350 g/mol. The predicted molar refractivity (Wildman–Crippen MR) is 97.1 cm³/mol. The zero-order valence-corrected chi connectivity index (χ0v) is 14.1. The van der Waals surface area contributed by atoms with Crippen LogP contribution in [0.5, 0.6) is 11.5 Å². The van der Waals surface area contributed by atoms with E-state index in [1.54, 1.807) is 0 Å². The zero-order valence-electron chi connectivity index (χ0n) is 14.1. The van der Waals surface area contributed by atoms with Crippen LogP contribution in [-0.2, 0) is 0 Å². The van der Waals surface area contributed by atoms with Crippen LogP contribution in [0, 0.1) is 0 Å². The molecule has 7 heteroatoms. The van der Waals surface area contributed by atoms with Crippen molar-refractivity contribution in [2.75, 3.05) is 18.0 Å². The Bertz CT molecular complexity index is 1000. The lowest BCUT2D eigenvalue weighted by Crippen LogP contribution is -2.41.